The van der Waals surface area contributed by atoms with Gasteiger partial charge in [-0.3, -0.25) is 0 Å². The molecule has 2 aliphatic carbocycles. The molecule has 2 rings (SSSR count). The maximum atomic E-state index is 5.98. The minimum absolute atomic E-state index is 0.551. The SMILES string of the molecule is CC1CC2CC(N)C(C1)C2. The molecular formula is C9H17N. The maximum absolute atomic E-state index is 5.98. The molecule has 0 aromatic heterocycles. The Bertz CT molecular complexity index is 128. The molecule has 0 saturated heterocycles. The third-order valence-electron chi connectivity index (χ3n) is 3.29. The molecule has 0 heterocycles. The molecule has 2 aliphatic rings. The van der Waals surface area contributed by atoms with Gasteiger partial charge in [-0.1, -0.05) is 6.92 Å². The smallest absolute Gasteiger partial charge is 0.00700 e. The average molecular weight is 139 g/mol. The zero-order chi connectivity index (χ0) is 7.14. The molecule has 0 aliphatic heterocycles. The monoisotopic (exact) mass is 139 g/mol. The molecule has 0 aromatic carbocycles. The van der Waals surface area contributed by atoms with Gasteiger partial charge in [-0.25, -0.2) is 0 Å². The van der Waals surface area contributed by atoms with Crippen molar-refractivity contribution < 1.29 is 0 Å². The second-order valence-electron chi connectivity index (χ2n) is 4.34. The third kappa shape index (κ3) is 0.968. The van der Waals surface area contributed by atoms with Crippen LogP contribution in [0.25, 0.3) is 0 Å². The summed E-state index contributed by atoms with van der Waals surface area (Å²) in [6.45, 7) is 2.37. The van der Waals surface area contributed by atoms with Crippen LogP contribution in [-0.4, -0.2) is 6.04 Å². The van der Waals surface area contributed by atoms with Crippen LogP contribution in [0.4, 0.5) is 0 Å². The van der Waals surface area contributed by atoms with Crippen molar-refractivity contribution in [3.63, 3.8) is 0 Å². The van der Waals surface area contributed by atoms with Gasteiger partial charge in [-0.05, 0) is 43.4 Å². The van der Waals surface area contributed by atoms with E-state index in [1.54, 1.807) is 0 Å². The van der Waals surface area contributed by atoms with E-state index in [1.165, 1.54) is 25.7 Å². The highest BCUT2D eigenvalue weighted by Crippen LogP contribution is 2.43. The Morgan fingerprint density at radius 3 is 2.60 bits per heavy atom. The molecule has 4 atom stereocenters. The molecule has 2 fully saturated rings. The summed E-state index contributed by atoms with van der Waals surface area (Å²) in [4.78, 5) is 0. The highest BCUT2D eigenvalue weighted by atomic mass is 14.7. The normalized spacial score (nSPS) is 53.4. The summed E-state index contributed by atoms with van der Waals surface area (Å²) in [7, 11) is 0. The Labute approximate surface area is 63.0 Å². The van der Waals surface area contributed by atoms with E-state index in [2.05, 4.69) is 6.92 Å². The lowest BCUT2D eigenvalue weighted by Crippen LogP contribution is -2.25. The molecule has 0 radical (unpaired) electrons. The van der Waals surface area contributed by atoms with Crippen molar-refractivity contribution in [3.8, 4) is 0 Å². The van der Waals surface area contributed by atoms with Crippen molar-refractivity contribution in [1.29, 1.82) is 0 Å². The summed E-state index contributed by atoms with van der Waals surface area (Å²) < 4.78 is 0. The minimum Gasteiger partial charge on any atom is -0.327 e. The van der Waals surface area contributed by atoms with E-state index in [0.717, 1.165) is 17.8 Å². The van der Waals surface area contributed by atoms with Gasteiger partial charge < -0.3 is 5.73 Å². The van der Waals surface area contributed by atoms with Gasteiger partial charge in [-0.2, -0.15) is 0 Å². The van der Waals surface area contributed by atoms with Crippen LogP contribution < -0.4 is 5.73 Å². The number of rotatable bonds is 0. The quantitative estimate of drug-likeness (QED) is 0.544. The molecule has 2 saturated carbocycles. The van der Waals surface area contributed by atoms with Gasteiger partial charge in [0.1, 0.15) is 0 Å². The van der Waals surface area contributed by atoms with Crippen LogP contribution in [-0.2, 0) is 0 Å². The van der Waals surface area contributed by atoms with E-state index in [0.29, 0.717) is 6.04 Å². The van der Waals surface area contributed by atoms with Crippen LogP contribution in [0.5, 0.6) is 0 Å². The summed E-state index contributed by atoms with van der Waals surface area (Å²) in [5.41, 5.74) is 5.98. The summed E-state index contributed by atoms with van der Waals surface area (Å²) >= 11 is 0. The van der Waals surface area contributed by atoms with Crippen LogP contribution >= 0.6 is 0 Å². The predicted octanol–water partition coefficient (Wildman–Crippen LogP) is 1.77. The number of hydrogen-bond donors (Lipinski definition) is 1. The first kappa shape index (κ1) is 6.66. The van der Waals surface area contributed by atoms with E-state index in [1.807, 2.05) is 0 Å². The highest BCUT2D eigenvalue weighted by Gasteiger charge is 2.37. The van der Waals surface area contributed by atoms with Gasteiger partial charge in [0.05, 0.1) is 0 Å². The van der Waals surface area contributed by atoms with Gasteiger partial charge in [-0.15, -0.1) is 0 Å². The van der Waals surface area contributed by atoms with Gasteiger partial charge >= 0.3 is 0 Å². The molecule has 10 heavy (non-hydrogen) atoms. The van der Waals surface area contributed by atoms with Crippen LogP contribution in [0.1, 0.15) is 32.6 Å². The lowest BCUT2D eigenvalue weighted by atomic mass is 9.82. The predicted molar refractivity (Wildman–Crippen MR) is 42.6 cm³/mol. The molecule has 1 heteroatoms. The zero-order valence-corrected chi connectivity index (χ0v) is 6.72. The first-order valence-corrected chi connectivity index (χ1v) is 4.51. The van der Waals surface area contributed by atoms with Crippen LogP contribution in [0.3, 0.4) is 0 Å². The summed E-state index contributed by atoms with van der Waals surface area (Å²) in [5, 5.41) is 0. The van der Waals surface area contributed by atoms with Gasteiger partial charge in [0, 0.05) is 6.04 Å². The molecular weight excluding hydrogens is 122 g/mol. The molecule has 58 valence electrons. The number of nitrogens with two attached hydrogens (primary N) is 1. The van der Waals surface area contributed by atoms with Crippen molar-refractivity contribution in [2.24, 2.45) is 23.5 Å². The highest BCUT2D eigenvalue weighted by molar-refractivity contribution is 4.91. The topological polar surface area (TPSA) is 26.0 Å². The van der Waals surface area contributed by atoms with E-state index < -0.39 is 0 Å². The number of hydrogen-bond acceptors (Lipinski definition) is 1. The Balaban J connectivity index is 2.06. The Hall–Kier alpha value is -0.0400. The minimum atomic E-state index is 0.551. The molecule has 2 bridgehead atoms. The van der Waals surface area contributed by atoms with Crippen molar-refractivity contribution in [3.05, 3.63) is 0 Å². The van der Waals surface area contributed by atoms with Crippen LogP contribution in [0, 0.1) is 17.8 Å². The van der Waals surface area contributed by atoms with E-state index in [9.17, 15) is 0 Å². The van der Waals surface area contributed by atoms with Crippen molar-refractivity contribution in [1.82, 2.24) is 0 Å². The van der Waals surface area contributed by atoms with Gasteiger partial charge in [0.15, 0.2) is 0 Å². The largest absolute Gasteiger partial charge is 0.327 e. The maximum Gasteiger partial charge on any atom is 0.00700 e. The Morgan fingerprint density at radius 1 is 1.10 bits per heavy atom. The van der Waals surface area contributed by atoms with E-state index >= 15 is 0 Å². The van der Waals surface area contributed by atoms with E-state index in [4.69, 9.17) is 5.73 Å². The summed E-state index contributed by atoms with van der Waals surface area (Å²) in [5.74, 6) is 2.83. The Morgan fingerprint density at radius 2 is 1.90 bits per heavy atom. The first-order valence-electron chi connectivity index (χ1n) is 4.51. The lowest BCUT2D eigenvalue weighted by molar-refractivity contribution is 0.272. The van der Waals surface area contributed by atoms with Crippen molar-refractivity contribution in [2.75, 3.05) is 0 Å². The second-order valence-corrected chi connectivity index (χ2v) is 4.34. The molecule has 2 N–H and O–H groups in total. The van der Waals surface area contributed by atoms with E-state index in [-0.39, 0.29) is 0 Å². The molecule has 1 nitrogen and oxygen atoms in total. The molecule has 0 amide bonds. The fourth-order valence-corrected chi connectivity index (χ4v) is 2.92. The molecule has 4 unspecified atom stereocenters. The fourth-order valence-electron chi connectivity index (χ4n) is 2.92. The fraction of sp³-hybridized carbons (Fsp3) is 1.00. The Kier molecular flexibility index (Phi) is 1.48. The van der Waals surface area contributed by atoms with Crippen LogP contribution in [0.2, 0.25) is 0 Å². The third-order valence-corrected chi connectivity index (χ3v) is 3.29. The molecule has 0 aromatic rings. The van der Waals surface area contributed by atoms with Crippen LogP contribution in [0.15, 0.2) is 0 Å². The second kappa shape index (κ2) is 2.23. The standard InChI is InChI=1S/C9H17N/c1-6-2-7-4-8(3-6)9(10)5-7/h6-9H,2-5,10H2,1H3. The lowest BCUT2D eigenvalue weighted by Gasteiger charge is -2.24. The summed E-state index contributed by atoms with van der Waals surface area (Å²) in [6.07, 6.45) is 5.60. The van der Waals surface area contributed by atoms with Gasteiger partial charge in [0.25, 0.3) is 0 Å². The average Bonchev–Trinajstić information content (AvgIpc) is 2.07. The number of fused-ring (bicyclic) bond motifs is 2. The van der Waals surface area contributed by atoms with Crippen molar-refractivity contribution >= 4 is 0 Å². The zero-order valence-electron chi connectivity index (χ0n) is 6.72. The summed E-state index contributed by atoms with van der Waals surface area (Å²) in [6, 6.07) is 0.551. The molecule has 0 spiro atoms. The first-order chi connectivity index (χ1) is 4.75. The van der Waals surface area contributed by atoms with Crippen molar-refractivity contribution in [2.45, 2.75) is 38.6 Å². The van der Waals surface area contributed by atoms with Gasteiger partial charge in [0.2, 0.25) is 0 Å².